The van der Waals surface area contributed by atoms with Crippen molar-refractivity contribution in [3.63, 3.8) is 0 Å². The molecular weight excluding hydrogens is 192 g/mol. The summed E-state index contributed by atoms with van der Waals surface area (Å²) in [6.45, 7) is 3.90. The van der Waals surface area contributed by atoms with Gasteiger partial charge in [-0.3, -0.25) is 4.98 Å². The summed E-state index contributed by atoms with van der Waals surface area (Å²) in [5, 5.41) is 0.996. The van der Waals surface area contributed by atoms with Gasteiger partial charge in [-0.25, -0.2) is 4.98 Å². The van der Waals surface area contributed by atoms with Crippen LogP contribution in [-0.2, 0) is 0 Å². The van der Waals surface area contributed by atoms with Crippen molar-refractivity contribution in [2.75, 3.05) is 11.6 Å². The molecule has 0 saturated carbocycles. The smallest absolute Gasteiger partial charge is 0.118 e. The van der Waals surface area contributed by atoms with E-state index in [-0.39, 0.29) is 0 Å². The van der Waals surface area contributed by atoms with Crippen LogP contribution in [0.2, 0.25) is 0 Å². The molecule has 0 fully saturated rings. The lowest BCUT2D eigenvalue weighted by atomic mass is 10.4. The van der Waals surface area contributed by atoms with Crippen LogP contribution in [0.5, 0.6) is 0 Å². The molecule has 0 atom stereocenters. The number of nitrogens with zero attached hydrogens (tertiary/aromatic N) is 2. The molecule has 0 spiro atoms. The zero-order valence-electron chi connectivity index (χ0n) is 7.17. The highest BCUT2D eigenvalue weighted by molar-refractivity contribution is 7.99. The van der Waals surface area contributed by atoms with E-state index in [1.165, 1.54) is 0 Å². The number of aromatic nitrogens is 2. The molecule has 0 aliphatic carbocycles. The summed E-state index contributed by atoms with van der Waals surface area (Å²) in [6.07, 6.45) is 1.78. The Balaban J connectivity index is 2.75. The second-order valence-electron chi connectivity index (χ2n) is 2.44. The van der Waals surface area contributed by atoms with Crippen molar-refractivity contribution in [2.24, 2.45) is 0 Å². The number of halogens is 1. The first-order valence-electron chi connectivity index (χ1n) is 3.73. The van der Waals surface area contributed by atoms with Crippen molar-refractivity contribution >= 4 is 23.4 Å². The highest BCUT2D eigenvalue weighted by Gasteiger charge is 2.01. The van der Waals surface area contributed by atoms with E-state index in [9.17, 15) is 0 Å². The number of hydrogen-bond acceptors (Lipinski definition) is 3. The molecule has 0 N–H and O–H groups in total. The highest BCUT2D eigenvalue weighted by Crippen LogP contribution is 2.18. The van der Waals surface area contributed by atoms with Crippen LogP contribution < -0.4 is 0 Å². The molecule has 1 aromatic rings. The molecule has 0 aromatic carbocycles. The summed E-state index contributed by atoms with van der Waals surface area (Å²) in [7, 11) is 0. The van der Waals surface area contributed by atoms with E-state index >= 15 is 0 Å². The van der Waals surface area contributed by atoms with Crippen LogP contribution in [0.4, 0.5) is 0 Å². The van der Waals surface area contributed by atoms with Gasteiger partial charge in [0.2, 0.25) is 0 Å². The van der Waals surface area contributed by atoms with Crippen molar-refractivity contribution in [2.45, 2.75) is 18.9 Å². The first-order chi connectivity index (χ1) is 5.74. The van der Waals surface area contributed by atoms with Gasteiger partial charge in [-0.05, 0) is 13.8 Å². The van der Waals surface area contributed by atoms with E-state index in [1.807, 2.05) is 13.8 Å². The van der Waals surface area contributed by atoms with E-state index in [0.717, 1.165) is 22.2 Å². The minimum atomic E-state index is 0.653. The third-order valence-corrected chi connectivity index (χ3v) is 2.83. The Hall–Kier alpha value is -0.280. The van der Waals surface area contributed by atoms with Gasteiger partial charge in [0.05, 0.1) is 11.4 Å². The molecule has 0 aliphatic heterocycles. The molecule has 0 amide bonds. The molecule has 66 valence electrons. The Labute approximate surface area is 81.8 Å². The van der Waals surface area contributed by atoms with E-state index in [1.54, 1.807) is 18.0 Å². The van der Waals surface area contributed by atoms with Crippen molar-refractivity contribution in [3.05, 3.63) is 17.6 Å². The molecule has 1 rings (SSSR count). The van der Waals surface area contributed by atoms with Crippen molar-refractivity contribution < 1.29 is 0 Å². The third-order valence-electron chi connectivity index (χ3n) is 1.35. The summed E-state index contributed by atoms with van der Waals surface area (Å²) in [4.78, 5) is 8.56. The fourth-order valence-corrected chi connectivity index (χ4v) is 1.76. The van der Waals surface area contributed by atoms with Gasteiger partial charge in [0.1, 0.15) is 5.03 Å². The second-order valence-corrected chi connectivity index (χ2v) is 3.90. The molecule has 0 saturated heterocycles. The molecule has 0 bridgehead atoms. The van der Waals surface area contributed by atoms with Gasteiger partial charge in [-0.15, -0.1) is 23.4 Å². The molecule has 0 unspecified atom stereocenters. The van der Waals surface area contributed by atoms with Gasteiger partial charge >= 0.3 is 0 Å². The number of alkyl halides is 1. The Morgan fingerprint density at radius 1 is 1.50 bits per heavy atom. The summed E-state index contributed by atoms with van der Waals surface area (Å²) in [6, 6.07) is 0. The lowest BCUT2D eigenvalue weighted by Gasteiger charge is -2.02. The first kappa shape index (κ1) is 9.81. The van der Waals surface area contributed by atoms with E-state index in [0.29, 0.717) is 5.88 Å². The van der Waals surface area contributed by atoms with Crippen molar-refractivity contribution in [1.82, 2.24) is 9.97 Å². The molecule has 2 nitrogen and oxygen atoms in total. The number of aryl methyl sites for hydroxylation is 2. The maximum Gasteiger partial charge on any atom is 0.118 e. The summed E-state index contributed by atoms with van der Waals surface area (Å²) in [5.74, 6) is 1.54. The van der Waals surface area contributed by atoms with Crippen LogP contribution in [-0.4, -0.2) is 21.6 Å². The fraction of sp³-hybridized carbons (Fsp3) is 0.500. The molecular formula is C8H11ClN2S. The number of rotatable bonds is 3. The minimum Gasteiger partial charge on any atom is -0.257 e. The van der Waals surface area contributed by atoms with Gasteiger partial charge in [-0.1, -0.05) is 0 Å². The van der Waals surface area contributed by atoms with Gasteiger partial charge in [0, 0.05) is 17.8 Å². The maximum absolute atomic E-state index is 5.57. The topological polar surface area (TPSA) is 25.8 Å². The zero-order chi connectivity index (χ0) is 8.97. The van der Waals surface area contributed by atoms with E-state index in [4.69, 9.17) is 11.6 Å². The Kier molecular flexibility index (Phi) is 3.82. The lowest BCUT2D eigenvalue weighted by molar-refractivity contribution is 0.946. The highest BCUT2D eigenvalue weighted by atomic mass is 35.5. The third kappa shape index (κ3) is 2.64. The molecule has 0 radical (unpaired) electrons. The number of thioether (sulfide) groups is 1. The quantitative estimate of drug-likeness (QED) is 0.556. The normalized spacial score (nSPS) is 10.2. The van der Waals surface area contributed by atoms with Crippen LogP contribution in [0.1, 0.15) is 11.4 Å². The van der Waals surface area contributed by atoms with Gasteiger partial charge in [0.15, 0.2) is 0 Å². The van der Waals surface area contributed by atoms with E-state index < -0.39 is 0 Å². The summed E-state index contributed by atoms with van der Waals surface area (Å²) < 4.78 is 0. The molecule has 12 heavy (non-hydrogen) atoms. The molecule has 1 heterocycles. The predicted octanol–water partition coefficient (Wildman–Crippen LogP) is 2.42. The largest absolute Gasteiger partial charge is 0.257 e. The van der Waals surface area contributed by atoms with Crippen LogP contribution in [0.25, 0.3) is 0 Å². The van der Waals surface area contributed by atoms with Gasteiger partial charge in [-0.2, -0.15) is 0 Å². The first-order valence-corrected chi connectivity index (χ1v) is 5.25. The van der Waals surface area contributed by atoms with Crippen LogP contribution in [0, 0.1) is 13.8 Å². The van der Waals surface area contributed by atoms with Crippen LogP contribution >= 0.6 is 23.4 Å². The Morgan fingerprint density at radius 3 is 2.92 bits per heavy atom. The minimum absolute atomic E-state index is 0.653. The zero-order valence-corrected chi connectivity index (χ0v) is 8.74. The van der Waals surface area contributed by atoms with Gasteiger partial charge < -0.3 is 0 Å². The molecule has 0 aliphatic rings. The summed E-state index contributed by atoms with van der Waals surface area (Å²) in [5.41, 5.74) is 1.94. The SMILES string of the molecule is Cc1cnc(C)c(SCCCl)n1. The van der Waals surface area contributed by atoms with E-state index in [2.05, 4.69) is 9.97 Å². The second kappa shape index (κ2) is 4.67. The Morgan fingerprint density at radius 2 is 2.25 bits per heavy atom. The average molecular weight is 203 g/mol. The standard InChI is InChI=1S/C8H11ClN2S/c1-6-5-10-7(2)8(11-6)12-4-3-9/h5H,3-4H2,1-2H3. The van der Waals surface area contributed by atoms with Crippen molar-refractivity contribution in [3.8, 4) is 0 Å². The molecule has 4 heteroatoms. The van der Waals surface area contributed by atoms with Crippen LogP contribution in [0.3, 0.4) is 0 Å². The predicted molar refractivity (Wildman–Crippen MR) is 53.0 cm³/mol. The monoisotopic (exact) mass is 202 g/mol. The Bertz CT molecular complexity index is 265. The van der Waals surface area contributed by atoms with Gasteiger partial charge in [0.25, 0.3) is 0 Å². The summed E-state index contributed by atoms with van der Waals surface area (Å²) >= 11 is 7.23. The maximum atomic E-state index is 5.57. The number of hydrogen-bond donors (Lipinski definition) is 0. The van der Waals surface area contributed by atoms with Crippen molar-refractivity contribution in [1.29, 1.82) is 0 Å². The fourth-order valence-electron chi connectivity index (χ4n) is 0.787. The average Bonchev–Trinajstić information content (AvgIpc) is 2.07. The lowest BCUT2D eigenvalue weighted by Crippen LogP contribution is -1.93. The van der Waals surface area contributed by atoms with Crippen LogP contribution in [0.15, 0.2) is 11.2 Å². The molecule has 1 aromatic heterocycles.